The Morgan fingerprint density at radius 3 is 3.00 bits per heavy atom. The van der Waals surface area contributed by atoms with E-state index in [9.17, 15) is 0 Å². The van der Waals surface area contributed by atoms with E-state index in [0.717, 1.165) is 35.4 Å². The average Bonchev–Trinajstić information content (AvgIpc) is 2.86. The highest BCUT2D eigenvalue weighted by molar-refractivity contribution is 9.10. The molecule has 19 heavy (non-hydrogen) atoms. The number of nitrogens with zero attached hydrogens (tertiary/aromatic N) is 1. The van der Waals surface area contributed by atoms with E-state index in [-0.39, 0.29) is 0 Å². The van der Waals surface area contributed by atoms with Crippen LogP contribution in [0.25, 0.3) is 0 Å². The summed E-state index contributed by atoms with van der Waals surface area (Å²) in [5.41, 5.74) is 1.15. The fourth-order valence-corrected chi connectivity index (χ4v) is 3.97. The molecular formula is C14H17BrN2S2. The zero-order chi connectivity index (χ0) is 13.5. The van der Waals surface area contributed by atoms with Crippen molar-refractivity contribution in [2.24, 2.45) is 0 Å². The number of nitrogens with one attached hydrogen (secondary N) is 1. The van der Waals surface area contributed by atoms with Gasteiger partial charge in [0.05, 0.1) is 11.4 Å². The monoisotopic (exact) mass is 356 g/mol. The molecule has 1 aromatic heterocycles. The Bertz CT molecular complexity index is 514. The van der Waals surface area contributed by atoms with Crippen LogP contribution >= 0.6 is 39.0 Å². The van der Waals surface area contributed by atoms with E-state index < -0.39 is 0 Å². The van der Waals surface area contributed by atoms with Crippen molar-refractivity contribution in [3.63, 3.8) is 0 Å². The summed E-state index contributed by atoms with van der Waals surface area (Å²) < 4.78 is 1.15. The topological polar surface area (TPSA) is 24.9 Å². The minimum atomic E-state index is 0.879. The number of thiazole rings is 1. The minimum absolute atomic E-state index is 0.879. The zero-order valence-electron chi connectivity index (χ0n) is 10.9. The van der Waals surface area contributed by atoms with Crippen LogP contribution < -0.4 is 5.32 Å². The summed E-state index contributed by atoms with van der Waals surface area (Å²) in [7, 11) is 0. The molecule has 102 valence electrons. The first kappa shape index (κ1) is 15.0. The summed E-state index contributed by atoms with van der Waals surface area (Å²) in [5, 5.41) is 6.72. The lowest BCUT2D eigenvalue weighted by Gasteiger charge is -2.01. The van der Waals surface area contributed by atoms with Crippen LogP contribution in [0.4, 0.5) is 0 Å². The van der Waals surface area contributed by atoms with Gasteiger partial charge >= 0.3 is 0 Å². The number of hydrogen-bond donors (Lipinski definition) is 1. The second-order valence-corrected chi connectivity index (χ2v) is 6.94. The van der Waals surface area contributed by atoms with Gasteiger partial charge in [-0.3, -0.25) is 0 Å². The molecule has 1 aromatic carbocycles. The molecule has 0 spiro atoms. The van der Waals surface area contributed by atoms with E-state index in [2.05, 4.69) is 56.7 Å². The average molecular weight is 357 g/mol. The Labute approximate surface area is 131 Å². The Morgan fingerprint density at radius 1 is 1.37 bits per heavy atom. The molecule has 5 heteroatoms. The van der Waals surface area contributed by atoms with Gasteiger partial charge in [0.2, 0.25) is 0 Å². The van der Waals surface area contributed by atoms with Gasteiger partial charge < -0.3 is 5.32 Å². The molecule has 2 rings (SSSR count). The Hall–Kier alpha value is -0.360. The third-order valence-electron chi connectivity index (χ3n) is 2.52. The molecule has 1 heterocycles. The van der Waals surface area contributed by atoms with Crippen LogP contribution in [-0.2, 0) is 12.3 Å². The van der Waals surface area contributed by atoms with E-state index >= 15 is 0 Å². The first-order valence-electron chi connectivity index (χ1n) is 6.31. The van der Waals surface area contributed by atoms with Crippen molar-refractivity contribution in [3.8, 4) is 0 Å². The highest BCUT2D eigenvalue weighted by atomic mass is 79.9. The molecule has 0 saturated carbocycles. The fourth-order valence-electron chi connectivity index (χ4n) is 1.59. The molecule has 0 unspecified atom stereocenters. The van der Waals surface area contributed by atoms with Crippen molar-refractivity contribution in [3.05, 3.63) is 44.8 Å². The van der Waals surface area contributed by atoms with Crippen LogP contribution in [0.2, 0.25) is 0 Å². The van der Waals surface area contributed by atoms with E-state index in [1.165, 1.54) is 9.90 Å². The van der Waals surface area contributed by atoms with E-state index in [4.69, 9.17) is 0 Å². The normalized spacial score (nSPS) is 10.8. The Balaban J connectivity index is 1.85. The van der Waals surface area contributed by atoms with Crippen LogP contribution in [0.3, 0.4) is 0 Å². The van der Waals surface area contributed by atoms with Crippen LogP contribution in [0, 0.1) is 0 Å². The fraction of sp³-hybridized carbons (Fsp3) is 0.357. The van der Waals surface area contributed by atoms with Gasteiger partial charge in [0.15, 0.2) is 0 Å². The van der Waals surface area contributed by atoms with Gasteiger partial charge in [0.1, 0.15) is 5.01 Å². The molecule has 2 aromatic rings. The first-order valence-corrected chi connectivity index (χ1v) is 8.96. The van der Waals surface area contributed by atoms with E-state index in [1.807, 2.05) is 17.8 Å². The molecule has 1 N–H and O–H groups in total. The van der Waals surface area contributed by atoms with Gasteiger partial charge in [-0.05, 0) is 41.0 Å². The number of thioether (sulfide) groups is 1. The van der Waals surface area contributed by atoms with Crippen molar-refractivity contribution in [1.82, 2.24) is 10.3 Å². The summed E-state index contributed by atoms with van der Waals surface area (Å²) >= 11 is 7.14. The standard InChI is InChI=1S/C14H17BrN2S2/c1-2-7-16-8-11-9-19-14(17-11)10-18-13-6-4-3-5-12(13)15/h3-6,9,16H,2,7-8,10H2,1H3. The highest BCUT2D eigenvalue weighted by Crippen LogP contribution is 2.30. The van der Waals surface area contributed by atoms with E-state index in [1.54, 1.807) is 11.3 Å². The van der Waals surface area contributed by atoms with Gasteiger partial charge in [-0.2, -0.15) is 0 Å². The second kappa shape index (κ2) is 8.04. The largest absolute Gasteiger partial charge is 0.311 e. The van der Waals surface area contributed by atoms with Crippen molar-refractivity contribution >= 4 is 39.0 Å². The summed E-state index contributed by atoms with van der Waals surface area (Å²) in [6.07, 6.45) is 1.16. The van der Waals surface area contributed by atoms with Crippen molar-refractivity contribution in [2.45, 2.75) is 30.5 Å². The molecule has 0 atom stereocenters. The Kier molecular flexibility index (Phi) is 6.37. The number of aromatic nitrogens is 1. The van der Waals surface area contributed by atoms with Crippen molar-refractivity contribution in [2.75, 3.05) is 6.54 Å². The predicted molar refractivity (Wildman–Crippen MR) is 87.8 cm³/mol. The predicted octanol–water partition coefficient (Wildman–Crippen LogP) is 4.70. The van der Waals surface area contributed by atoms with Gasteiger partial charge in [0, 0.05) is 21.3 Å². The molecule has 0 aliphatic rings. The van der Waals surface area contributed by atoms with Crippen molar-refractivity contribution < 1.29 is 0 Å². The van der Waals surface area contributed by atoms with Crippen LogP contribution in [-0.4, -0.2) is 11.5 Å². The molecule has 0 radical (unpaired) electrons. The number of hydrogen-bond acceptors (Lipinski definition) is 4. The lowest BCUT2D eigenvalue weighted by atomic mass is 10.4. The third kappa shape index (κ3) is 4.91. The van der Waals surface area contributed by atoms with Gasteiger partial charge in [-0.25, -0.2) is 4.98 Å². The number of benzene rings is 1. The van der Waals surface area contributed by atoms with Crippen molar-refractivity contribution in [1.29, 1.82) is 0 Å². The highest BCUT2D eigenvalue weighted by Gasteiger charge is 2.04. The molecule has 0 fully saturated rings. The molecule has 2 nitrogen and oxygen atoms in total. The Morgan fingerprint density at radius 2 is 2.21 bits per heavy atom. The van der Waals surface area contributed by atoms with Gasteiger partial charge in [-0.1, -0.05) is 19.1 Å². The second-order valence-electron chi connectivity index (χ2n) is 4.13. The van der Waals surface area contributed by atoms with Crippen LogP contribution in [0.1, 0.15) is 24.0 Å². The lowest BCUT2D eigenvalue weighted by Crippen LogP contribution is -2.13. The maximum Gasteiger partial charge on any atom is 0.103 e. The van der Waals surface area contributed by atoms with Gasteiger partial charge in [0.25, 0.3) is 0 Å². The minimum Gasteiger partial charge on any atom is -0.311 e. The quantitative estimate of drug-likeness (QED) is 0.574. The molecule has 0 bridgehead atoms. The van der Waals surface area contributed by atoms with Crippen LogP contribution in [0.5, 0.6) is 0 Å². The lowest BCUT2D eigenvalue weighted by molar-refractivity contribution is 0.666. The maximum absolute atomic E-state index is 4.65. The third-order valence-corrected chi connectivity index (χ3v) is 5.64. The van der Waals surface area contributed by atoms with E-state index in [0.29, 0.717) is 0 Å². The molecular weight excluding hydrogens is 340 g/mol. The number of rotatable bonds is 7. The smallest absolute Gasteiger partial charge is 0.103 e. The summed E-state index contributed by atoms with van der Waals surface area (Å²) in [4.78, 5) is 5.91. The van der Waals surface area contributed by atoms with Gasteiger partial charge in [-0.15, -0.1) is 23.1 Å². The number of halogens is 1. The molecule has 0 amide bonds. The summed E-state index contributed by atoms with van der Waals surface area (Å²) in [6, 6.07) is 8.31. The summed E-state index contributed by atoms with van der Waals surface area (Å²) in [6.45, 7) is 4.11. The SMILES string of the molecule is CCCNCc1csc(CSc2ccccc2Br)n1. The zero-order valence-corrected chi connectivity index (χ0v) is 14.1. The first-order chi connectivity index (χ1) is 9.29. The summed E-state index contributed by atoms with van der Waals surface area (Å²) in [5.74, 6) is 0.932. The molecule has 0 aliphatic carbocycles. The molecule has 0 aliphatic heterocycles. The van der Waals surface area contributed by atoms with Crippen LogP contribution in [0.15, 0.2) is 39.0 Å². The molecule has 0 saturated heterocycles. The maximum atomic E-state index is 4.65.